The highest BCUT2D eigenvalue weighted by Gasteiger charge is 2.14. The summed E-state index contributed by atoms with van der Waals surface area (Å²) in [6.07, 6.45) is 0.806. The molecule has 11 heavy (non-hydrogen) atoms. The molecule has 0 aromatic carbocycles. The highest BCUT2D eigenvalue weighted by Crippen LogP contribution is 2.39. The summed E-state index contributed by atoms with van der Waals surface area (Å²) in [5.74, 6) is 0. The predicted molar refractivity (Wildman–Crippen MR) is 46.5 cm³/mol. The minimum absolute atomic E-state index is 0.0270. The minimum atomic E-state index is -2.35. The lowest BCUT2D eigenvalue weighted by Gasteiger charge is -2.17. The van der Waals surface area contributed by atoms with Crippen molar-refractivity contribution in [2.75, 3.05) is 27.0 Å². The molecule has 68 valence electrons. The second-order valence-electron chi connectivity index (χ2n) is 2.84. The van der Waals surface area contributed by atoms with Crippen LogP contribution >= 0.6 is 7.37 Å². The van der Waals surface area contributed by atoms with E-state index in [9.17, 15) is 4.57 Å². The first kappa shape index (κ1) is 11.2. The van der Waals surface area contributed by atoms with E-state index in [0.29, 0.717) is 6.61 Å². The summed E-state index contributed by atoms with van der Waals surface area (Å²) in [7, 11) is -0.735. The van der Waals surface area contributed by atoms with Gasteiger partial charge in [-0.15, -0.1) is 0 Å². The van der Waals surface area contributed by atoms with Crippen molar-refractivity contribution in [2.45, 2.75) is 19.4 Å². The minimum Gasteiger partial charge on any atom is -0.382 e. The summed E-state index contributed by atoms with van der Waals surface area (Å²) >= 11 is 0. The molecule has 0 fully saturated rings. The maximum absolute atomic E-state index is 11.2. The van der Waals surface area contributed by atoms with Crippen LogP contribution in [0.15, 0.2) is 0 Å². The fourth-order valence-electron chi connectivity index (χ4n) is 0.768. The van der Waals surface area contributed by atoms with Gasteiger partial charge in [-0.05, 0) is 6.42 Å². The maximum atomic E-state index is 11.2. The van der Waals surface area contributed by atoms with Crippen LogP contribution in [0.3, 0.4) is 0 Å². The van der Waals surface area contributed by atoms with Gasteiger partial charge in [-0.3, -0.25) is 4.57 Å². The number of hydrogen-bond acceptors (Lipinski definition) is 3. The van der Waals surface area contributed by atoms with E-state index in [1.807, 2.05) is 6.92 Å². The molecule has 0 N–H and O–H groups in total. The molecule has 0 aliphatic carbocycles. The van der Waals surface area contributed by atoms with Crippen molar-refractivity contribution in [3.8, 4) is 0 Å². The SMILES string of the molecule is CCC(COC)OP(C)(C)=O. The quantitative estimate of drug-likeness (QED) is 0.607. The summed E-state index contributed by atoms with van der Waals surface area (Å²) in [5, 5.41) is 0. The fourth-order valence-corrected chi connectivity index (χ4v) is 1.70. The van der Waals surface area contributed by atoms with E-state index in [-0.39, 0.29) is 6.10 Å². The molecule has 0 saturated heterocycles. The van der Waals surface area contributed by atoms with Crippen LogP contribution in [0.4, 0.5) is 0 Å². The van der Waals surface area contributed by atoms with Crippen LogP contribution in [0, 0.1) is 0 Å². The third-order valence-corrected chi connectivity index (χ3v) is 2.02. The van der Waals surface area contributed by atoms with Crippen LogP contribution in [-0.4, -0.2) is 33.2 Å². The zero-order valence-electron chi connectivity index (χ0n) is 7.66. The molecular formula is C7H17O3P. The number of rotatable bonds is 5. The van der Waals surface area contributed by atoms with Crippen LogP contribution in [-0.2, 0) is 13.8 Å². The Labute approximate surface area is 68.5 Å². The summed E-state index contributed by atoms with van der Waals surface area (Å²) in [6, 6.07) is 0. The van der Waals surface area contributed by atoms with Gasteiger partial charge in [0.2, 0.25) is 0 Å². The van der Waals surface area contributed by atoms with Crippen LogP contribution in [0.5, 0.6) is 0 Å². The first-order chi connectivity index (χ1) is 4.99. The third kappa shape index (κ3) is 6.54. The largest absolute Gasteiger partial charge is 0.382 e. The molecule has 4 heteroatoms. The van der Waals surface area contributed by atoms with E-state index in [0.717, 1.165) is 6.42 Å². The van der Waals surface area contributed by atoms with E-state index in [2.05, 4.69) is 0 Å². The Morgan fingerprint density at radius 2 is 2.00 bits per heavy atom. The maximum Gasteiger partial charge on any atom is 0.197 e. The molecule has 3 nitrogen and oxygen atoms in total. The van der Waals surface area contributed by atoms with Crippen LogP contribution in [0.25, 0.3) is 0 Å². The van der Waals surface area contributed by atoms with Crippen molar-refractivity contribution >= 4 is 7.37 Å². The molecule has 0 saturated carbocycles. The first-order valence-corrected chi connectivity index (χ1v) is 6.23. The summed E-state index contributed by atoms with van der Waals surface area (Å²) < 4.78 is 21.3. The smallest absolute Gasteiger partial charge is 0.197 e. The second-order valence-corrected chi connectivity index (χ2v) is 5.56. The molecule has 0 radical (unpaired) electrons. The van der Waals surface area contributed by atoms with E-state index >= 15 is 0 Å². The summed E-state index contributed by atoms with van der Waals surface area (Å²) in [4.78, 5) is 0. The van der Waals surface area contributed by atoms with Crippen molar-refractivity contribution in [2.24, 2.45) is 0 Å². The van der Waals surface area contributed by atoms with E-state index in [1.54, 1.807) is 20.4 Å². The molecular weight excluding hydrogens is 163 g/mol. The van der Waals surface area contributed by atoms with E-state index < -0.39 is 7.37 Å². The molecule has 1 unspecified atom stereocenters. The highest BCUT2D eigenvalue weighted by atomic mass is 31.2. The standard InChI is InChI=1S/C7H17O3P/c1-5-7(6-9-2)10-11(3,4)8/h7H,5-6H2,1-4H3. The van der Waals surface area contributed by atoms with E-state index in [1.165, 1.54) is 0 Å². The molecule has 0 aromatic rings. The Hall–Kier alpha value is 0.150. The van der Waals surface area contributed by atoms with Crippen molar-refractivity contribution in [1.82, 2.24) is 0 Å². The van der Waals surface area contributed by atoms with Gasteiger partial charge in [0.25, 0.3) is 0 Å². The molecule has 0 aliphatic rings. The third-order valence-electron chi connectivity index (χ3n) is 1.21. The fraction of sp³-hybridized carbons (Fsp3) is 1.00. The van der Waals surface area contributed by atoms with E-state index in [4.69, 9.17) is 9.26 Å². The molecule has 0 aliphatic heterocycles. The lowest BCUT2D eigenvalue weighted by Crippen LogP contribution is -2.16. The molecule has 0 spiro atoms. The van der Waals surface area contributed by atoms with Gasteiger partial charge in [0, 0.05) is 20.4 Å². The Morgan fingerprint density at radius 3 is 2.27 bits per heavy atom. The highest BCUT2D eigenvalue weighted by molar-refractivity contribution is 7.57. The molecule has 0 rings (SSSR count). The molecule has 0 aromatic heterocycles. The zero-order chi connectivity index (χ0) is 8.91. The lowest BCUT2D eigenvalue weighted by molar-refractivity contribution is 0.0820. The van der Waals surface area contributed by atoms with Crippen molar-refractivity contribution in [1.29, 1.82) is 0 Å². The Morgan fingerprint density at radius 1 is 1.45 bits per heavy atom. The Bertz CT molecular complexity index is 141. The number of methoxy groups -OCH3 is 1. The van der Waals surface area contributed by atoms with Crippen molar-refractivity contribution in [3.63, 3.8) is 0 Å². The Balaban J connectivity index is 3.78. The van der Waals surface area contributed by atoms with Gasteiger partial charge in [0.15, 0.2) is 7.37 Å². The first-order valence-electron chi connectivity index (χ1n) is 3.72. The van der Waals surface area contributed by atoms with Crippen molar-refractivity contribution in [3.05, 3.63) is 0 Å². The van der Waals surface area contributed by atoms with Gasteiger partial charge in [-0.25, -0.2) is 0 Å². The average Bonchev–Trinajstić information content (AvgIpc) is 1.84. The second kappa shape index (κ2) is 4.91. The van der Waals surface area contributed by atoms with Gasteiger partial charge in [0.05, 0.1) is 12.7 Å². The molecule has 1 atom stereocenters. The van der Waals surface area contributed by atoms with Gasteiger partial charge < -0.3 is 9.26 Å². The Kier molecular flexibility index (Phi) is 4.98. The lowest BCUT2D eigenvalue weighted by atomic mass is 10.3. The van der Waals surface area contributed by atoms with Crippen LogP contribution < -0.4 is 0 Å². The predicted octanol–water partition coefficient (Wildman–Crippen LogP) is 1.97. The van der Waals surface area contributed by atoms with Gasteiger partial charge in [0.1, 0.15) is 0 Å². The van der Waals surface area contributed by atoms with Gasteiger partial charge in [-0.2, -0.15) is 0 Å². The molecule has 0 heterocycles. The number of ether oxygens (including phenoxy) is 1. The van der Waals surface area contributed by atoms with Crippen molar-refractivity contribution < 1.29 is 13.8 Å². The molecule has 0 bridgehead atoms. The van der Waals surface area contributed by atoms with Crippen LogP contribution in [0.2, 0.25) is 0 Å². The average molecular weight is 180 g/mol. The van der Waals surface area contributed by atoms with Gasteiger partial charge in [-0.1, -0.05) is 6.92 Å². The zero-order valence-corrected chi connectivity index (χ0v) is 8.56. The summed E-state index contributed by atoms with van der Waals surface area (Å²) in [6.45, 7) is 5.73. The topological polar surface area (TPSA) is 35.5 Å². The molecule has 0 amide bonds. The number of hydrogen-bond donors (Lipinski definition) is 0. The normalized spacial score (nSPS) is 14.9. The summed E-state index contributed by atoms with van der Waals surface area (Å²) in [5.41, 5.74) is 0. The monoisotopic (exact) mass is 180 g/mol. The van der Waals surface area contributed by atoms with Gasteiger partial charge >= 0.3 is 0 Å². The van der Waals surface area contributed by atoms with Crippen LogP contribution in [0.1, 0.15) is 13.3 Å².